The minimum Gasteiger partial charge on any atom is -0.339 e. The normalized spacial score (nSPS) is 10.9. The lowest BCUT2D eigenvalue weighted by atomic mass is 10.1. The van der Waals surface area contributed by atoms with E-state index in [4.69, 9.17) is 0 Å². The number of fused-ring (bicyclic) bond motifs is 1. The van der Waals surface area contributed by atoms with Gasteiger partial charge in [-0.15, -0.1) is 11.3 Å². The number of benzene rings is 2. The highest BCUT2D eigenvalue weighted by molar-refractivity contribution is 7.17. The number of aromatic amines is 1. The lowest BCUT2D eigenvalue weighted by Gasteiger charge is -2.00. The number of anilines is 2. The molecule has 2 heterocycles. The number of H-pyrrole nitrogens is 1. The van der Waals surface area contributed by atoms with Crippen LogP contribution in [0.1, 0.15) is 0 Å². The molecule has 2 aromatic heterocycles. The van der Waals surface area contributed by atoms with Crippen LogP contribution in [0.2, 0.25) is 0 Å². The molecular formula is C17H13N3S. The number of nitrogens with zero attached hydrogens (tertiary/aromatic N) is 1. The third-order valence-electron chi connectivity index (χ3n) is 3.40. The van der Waals surface area contributed by atoms with Gasteiger partial charge in [0.2, 0.25) is 0 Å². The summed E-state index contributed by atoms with van der Waals surface area (Å²) < 4.78 is 1.29. The van der Waals surface area contributed by atoms with Gasteiger partial charge >= 0.3 is 0 Å². The van der Waals surface area contributed by atoms with Gasteiger partial charge in [-0.25, -0.2) is 0 Å². The first-order chi connectivity index (χ1) is 10.4. The third-order valence-corrected chi connectivity index (χ3v) is 4.36. The highest BCUT2D eigenvalue weighted by Crippen LogP contribution is 2.33. The van der Waals surface area contributed by atoms with Gasteiger partial charge in [0.05, 0.1) is 5.69 Å². The molecule has 0 bridgehead atoms. The number of para-hydroxylation sites is 1. The molecule has 2 aromatic carbocycles. The van der Waals surface area contributed by atoms with E-state index in [1.165, 1.54) is 15.6 Å². The molecule has 0 atom stereocenters. The first-order valence-electron chi connectivity index (χ1n) is 6.74. The monoisotopic (exact) mass is 291 g/mol. The summed E-state index contributed by atoms with van der Waals surface area (Å²) in [5, 5.41) is 14.2. The Morgan fingerprint density at radius 2 is 1.76 bits per heavy atom. The van der Waals surface area contributed by atoms with Crippen molar-refractivity contribution in [1.82, 2.24) is 10.2 Å². The first-order valence-corrected chi connectivity index (χ1v) is 7.62. The Morgan fingerprint density at radius 3 is 2.67 bits per heavy atom. The molecule has 0 fully saturated rings. The molecule has 0 saturated carbocycles. The van der Waals surface area contributed by atoms with E-state index in [2.05, 4.69) is 45.2 Å². The second-order valence-electron chi connectivity index (χ2n) is 4.80. The Morgan fingerprint density at radius 1 is 0.952 bits per heavy atom. The molecule has 3 nitrogen and oxygen atoms in total. The Balaban J connectivity index is 1.68. The summed E-state index contributed by atoms with van der Waals surface area (Å²) >= 11 is 1.75. The Kier molecular flexibility index (Phi) is 2.94. The third kappa shape index (κ3) is 2.30. The lowest BCUT2D eigenvalue weighted by molar-refractivity contribution is 1.10. The van der Waals surface area contributed by atoms with Gasteiger partial charge in [0, 0.05) is 32.8 Å². The van der Waals surface area contributed by atoms with E-state index in [9.17, 15) is 0 Å². The van der Waals surface area contributed by atoms with E-state index in [1.807, 2.05) is 36.4 Å². The molecule has 0 aliphatic carbocycles. The molecule has 0 spiro atoms. The SMILES string of the molecule is c1ccc(Nc2cc(-c3csc4ccccc34)[nH]n2)cc1. The fourth-order valence-electron chi connectivity index (χ4n) is 2.38. The van der Waals surface area contributed by atoms with Crippen LogP contribution < -0.4 is 5.32 Å². The summed E-state index contributed by atoms with van der Waals surface area (Å²) in [5.74, 6) is 0.825. The Hall–Kier alpha value is -2.59. The van der Waals surface area contributed by atoms with Crippen molar-refractivity contribution in [3.05, 3.63) is 66.0 Å². The molecule has 4 heteroatoms. The van der Waals surface area contributed by atoms with Gasteiger partial charge in [-0.3, -0.25) is 5.10 Å². The van der Waals surface area contributed by atoms with Gasteiger partial charge in [0.1, 0.15) is 0 Å². The average molecular weight is 291 g/mol. The smallest absolute Gasteiger partial charge is 0.152 e. The molecular weight excluding hydrogens is 278 g/mol. The summed E-state index contributed by atoms with van der Waals surface area (Å²) in [4.78, 5) is 0. The summed E-state index contributed by atoms with van der Waals surface area (Å²) in [6, 6.07) is 20.5. The largest absolute Gasteiger partial charge is 0.339 e. The van der Waals surface area contributed by atoms with Gasteiger partial charge in [-0.1, -0.05) is 36.4 Å². The topological polar surface area (TPSA) is 40.7 Å². The lowest BCUT2D eigenvalue weighted by Crippen LogP contribution is -1.88. The van der Waals surface area contributed by atoms with Crippen molar-refractivity contribution >= 4 is 32.9 Å². The summed E-state index contributed by atoms with van der Waals surface area (Å²) in [6.07, 6.45) is 0. The van der Waals surface area contributed by atoms with E-state index >= 15 is 0 Å². The second kappa shape index (κ2) is 5.07. The van der Waals surface area contributed by atoms with Crippen LogP contribution in [0.5, 0.6) is 0 Å². The fraction of sp³-hybridized carbons (Fsp3) is 0. The van der Waals surface area contributed by atoms with E-state index < -0.39 is 0 Å². The van der Waals surface area contributed by atoms with Crippen LogP contribution in [0.15, 0.2) is 66.0 Å². The van der Waals surface area contributed by atoms with Crippen molar-refractivity contribution in [1.29, 1.82) is 0 Å². The maximum absolute atomic E-state index is 4.34. The summed E-state index contributed by atoms with van der Waals surface area (Å²) in [7, 11) is 0. The Labute approximate surface area is 126 Å². The predicted molar refractivity (Wildman–Crippen MR) is 89.1 cm³/mol. The number of hydrogen-bond donors (Lipinski definition) is 2. The van der Waals surface area contributed by atoms with Crippen molar-refractivity contribution in [3.8, 4) is 11.3 Å². The zero-order chi connectivity index (χ0) is 14.1. The molecule has 4 aromatic rings. The number of nitrogens with one attached hydrogen (secondary N) is 2. The van der Waals surface area contributed by atoms with Crippen molar-refractivity contribution < 1.29 is 0 Å². The van der Waals surface area contributed by atoms with Crippen LogP contribution in [0.3, 0.4) is 0 Å². The predicted octanol–water partition coefficient (Wildman–Crippen LogP) is 5.04. The number of aromatic nitrogens is 2. The Bertz CT molecular complexity index is 877. The maximum atomic E-state index is 4.34. The maximum Gasteiger partial charge on any atom is 0.152 e. The van der Waals surface area contributed by atoms with Crippen LogP contribution in [-0.2, 0) is 0 Å². The van der Waals surface area contributed by atoms with Crippen molar-refractivity contribution in [2.75, 3.05) is 5.32 Å². The molecule has 0 amide bonds. The van der Waals surface area contributed by atoms with Crippen molar-refractivity contribution in [3.63, 3.8) is 0 Å². The second-order valence-corrected chi connectivity index (χ2v) is 5.71. The minimum atomic E-state index is 0.825. The molecule has 0 aliphatic rings. The zero-order valence-corrected chi connectivity index (χ0v) is 12.0. The molecule has 102 valence electrons. The average Bonchev–Trinajstić information content (AvgIpc) is 3.14. The summed E-state index contributed by atoms with van der Waals surface area (Å²) in [6.45, 7) is 0. The van der Waals surface area contributed by atoms with Crippen LogP contribution in [0.4, 0.5) is 11.5 Å². The van der Waals surface area contributed by atoms with Gasteiger partial charge in [-0.05, 0) is 18.2 Å². The first kappa shape index (κ1) is 12.2. The van der Waals surface area contributed by atoms with Gasteiger partial charge in [-0.2, -0.15) is 5.10 Å². The standard InChI is InChI=1S/C17H13N3S/c1-2-6-12(7-3-1)18-17-10-15(19-20-17)14-11-21-16-9-5-4-8-13(14)16/h1-11H,(H2,18,19,20). The van der Waals surface area contributed by atoms with E-state index in [1.54, 1.807) is 11.3 Å². The molecule has 4 rings (SSSR count). The molecule has 0 unspecified atom stereocenters. The highest BCUT2D eigenvalue weighted by atomic mass is 32.1. The van der Waals surface area contributed by atoms with Gasteiger partial charge < -0.3 is 5.32 Å². The van der Waals surface area contributed by atoms with Gasteiger partial charge in [0.15, 0.2) is 5.82 Å². The van der Waals surface area contributed by atoms with Crippen LogP contribution in [-0.4, -0.2) is 10.2 Å². The van der Waals surface area contributed by atoms with E-state index in [0.29, 0.717) is 0 Å². The molecule has 0 radical (unpaired) electrons. The quantitative estimate of drug-likeness (QED) is 0.555. The number of rotatable bonds is 3. The van der Waals surface area contributed by atoms with Gasteiger partial charge in [0.25, 0.3) is 0 Å². The van der Waals surface area contributed by atoms with Crippen molar-refractivity contribution in [2.45, 2.75) is 0 Å². The van der Waals surface area contributed by atoms with Crippen LogP contribution in [0, 0.1) is 0 Å². The zero-order valence-electron chi connectivity index (χ0n) is 11.2. The minimum absolute atomic E-state index is 0.825. The number of hydrogen-bond acceptors (Lipinski definition) is 3. The van der Waals surface area contributed by atoms with Crippen LogP contribution in [0.25, 0.3) is 21.3 Å². The molecule has 21 heavy (non-hydrogen) atoms. The van der Waals surface area contributed by atoms with E-state index in [0.717, 1.165) is 17.2 Å². The molecule has 0 aliphatic heterocycles. The molecule has 2 N–H and O–H groups in total. The van der Waals surface area contributed by atoms with E-state index in [-0.39, 0.29) is 0 Å². The summed E-state index contributed by atoms with van der Waals surface area (Å²) in [5.41, 5.74) is 3.26. The van der Waals surface area contributed by atoms with Crippen LogP contribution >= 0.6 is 11.3 Å². The van der Waals surface area contributed by atoms with Crippen molar-refractivity contribution in [2.24, 2.45) is 0 Å². The highest BCUT2D eigenvalue weighted by Gasteiger charge is 2.09. The fourth-order valence-corrected chi connectivity index (χ4v) is 3.34. The number of thiophene rings is 1. The molecule has 0 saturated heterocycles.